The Morgan fingerprint density at radius 1 is 1.06 bits per heavy atom. The Balaban J connectivity index is 1.21. The van der Waals surface area contributed by atoms with Gasteiger partial charge in [0, 0.05) is 30.5 Å². The van der Waals surface area contributed by atoms with E-state index in [0.717, 1.165) is 51.7 Å². The number of likely N-dealkylation sites (tertiary alicyclic amines) is 1. The maximum absolute atomic E-state index is 14.2. The molecule has 2 atom stereocenters. The second-order valence-corrected chi connectivity index (χ2v) is 10.3. The van der Waals surface area contributed by atoms with Crippen LogP contribution in [0.2, 0.25) is 0 Å². The molecule has 1 aliphatic heterocycles. The molecule has 2 aromatic carbocycles. The number of nitrogens with one attached hydrogen (secondary N) is 1. The number of hydrogen-bond donors (Lipinski definition) is 2. The fraction of sp³-hybridized carbons (Fsp3) is 0.519. The highest BCUT2D eigenvalue weighted by atomic mass is 19.1. The standard InChI is InChI=1S/C27H33FN2O3/c28-22-8-4-5-9-24(22)33-19-26(17-29-23-16-21(23)20-6-2-1-3-7-20)12-14-30(15-13-26)18-27(10-11-27)25(31)32/h1-9,21,23,29H,10-19H2,(H,31,32)/t21-,23+/m0/s1. The van der Waals surface area contributed by atoms with Gasteiger partial charge in [0.05, 0.1) is 12.0 Å². The number of para-hydroxylation sites is 1. The quantitative estimate of drug-likeness (QED) is 0.563. The zero-order valence-corrected chi connectivity index (χ0v) is 19.0. The van der Waals surface area contributed by atoms with Crippen molar-refractivity contribution in [2.24, 2.45) is 10.8 Å². The van der Waals surface area contributed by atoms with E-state index in [4.69, 9.17) is 4.74 Å². The van der Waals surface area contributed by atoms with Crippen molar-refractivity contribution in [2.45, 2.75) is 44.1 Å². The maximum atomic E-state index is 14.2. The van der Waals surface area contributed by atoms with Gasteiger partial charge < -0.3 is 20.1 Å². The van der Waals surface area contributed by atoms with Crippen molar-refractivity contribution < 1.29 is 19.0 Å². The number of nitrogens with zero attached hydrogens (tertiary/aromatic N) is 1. The van der Waals surface area contributed by atoms with Gasteiger partial charge in [-0.15, -0.1) is 0 Å². The molecule has 0 spiro atoms. The normalized spacial score (nSPS) is 25.4. The summed E-state index contributed by atoms with van der Waals surface area (Å²) in [5, 5.41) is 13.3. The van der Waals surface area contributed by atoms with Crippen molar-refractivity contribution >= 4 is 5.97 Å². The molecule has 3 fully saturated rings. The Labute approximate surface area is 194 Å². The molecule has 3 aliphatic rings. The molecule has 5 rings (SSSR count). The summed E-state index contributed by atoms with van der Waals surface area (Å²) in [7, 11) is 0. The number of carboxylic acids is 1. The minimum Gasteiger partial charge on any atom is -0.490 e. The Kier molecular flexibility index (Phi) is 6.14. The molecular formula is C27H33FN2O3. The number of rotatable bonds is 10. The number of piperidine rings is 1. The van der Waals surface area contributed by atoms with E-state index in [-0.39, 0.29) is 11.2 Å². The Hall–Kier alpha value is -2.44. The number of carbonyl (C=O) groups is 1. The fourth-order valence-electron chi connectivity index (χ4n) is 5.21. The molecule has 2 N–H and O–H groups in total. The van der Waals surface area contributed by atoms with Crippen LogP contribution in [0.15, 0.2) is 54.6 Å². The minimum atomic E-state index is -0.662. The lowest BCUT2D eigenvalue weighted by molar-refractivity contribution is -0.144. The van der Waals surface area contributed by atoms with Crippen molar-refractivity contribution in [1.82, 2.24) is 10.2 Å². The zero-order chi connectivity index (χ0) is 22.9. The highest BCUT2D eigenvalue weighted by Gasteiger charge is 2.52. The van der Waals surface area contributed by atoms with Crippen LogP contribution in [0, 0.1) is 16.6 Å². The number of aliphatic carboxylic acids is 1. The molecule has 2 aliphatic carbocycles. The molecule has 0 bridgehead atoms. The second-order valence-electron chi connectivity index (χ2n) is 10.3. The van der Waals surface area contributed by atoms with Gasteiger partial charge in [0.25, 0.3) is 0 Å². The topological polar surface area (TPSA) is 61.8 Å². The van der Waals surface area contributed by atoms with E-state index in [1.54, 1.807) is 18.2 Å². The zero-order valence-electron chi connectivity index (χ0n) is 19.0. The van der Waals surface area contributed by atoms with Crippen LogP contribution in [0.3, 0.4) is 0 Å². The number of ether oxygens (including phenoxy) is 1. The molecule has 0 amide bonds. The van der Waals surface area contributed by atoms with Crippen molar-refractivity contribution in [3.63, 3.8) is 0 Å². The minimum absolute atomic E-state index is 0.0947. The van der Waals surface area contributed by atoms with Gasteiger partial charge in [-0.2, -0.15) is 0 Å². The Morgan fingerprint density at radius 3 is 2.42 bits per heavy atom. The lowest BCUT2D eigenvalue weighted by Crippen LogP contribution is -2.50. The number of carboxylic acid groups (broad SMARTS) is 1. The van der Waals surface area contributed by atoms with Crippen LogP contribution in [0.4, 0.5) is 4.39 Å². The van der Waals surface area contributed by atoms with Crippen LogP contribution in [0.25, 0.3) is 0 Å². The summed E-state index contributed by atoms with van der Waals surface area (Å²) in [5.74, 6) is -0.136. The third-order valence-corrected chi connectivity index (χ3v) is 7.88. The molecule has 1 saturated heterocycles. The predicted octanol–water partition coefficient (Wildman–Crippen LogP) is 4.30. The first kappa shape index (κ1) is 22.4. The van der Waals surface area contributed by atoms with Crippen molar-refractivity contribution in [1.29, 1.82) is 0 Å². The van der Waals surface area contributed by atoms with E-state index in [2.05, 4.69) is 34.5 Å². The van der Waals surface area contributed by atoms with E-state index < -0.39 is 11.4 Å². The average molecular weight is 453 g/mol. The summed E-state index contributed by atoms with van der Waals surface area (Å²) in [4.78, 5) is 13.9. The van der Waals surface area contributed by atoms with Crippen molar-refractivity contribution in [3.05, 3.63) is 66.0 Å². The van der Waals surface area contributed by atoms with Crippen molar-refractivity contribution in [3.8, 4) is 5.75 Å². The summed E-state index contributed by atoms with van der Waals surface area (Å²) in [5.41, 5.74) is 0.756. The number of halogens is 1. The summed E-state index contributed by atoms with van der Waals surface area (Å²) >= 11 is 0. The highest BCUT2D eigenvalue weighted by Crippen LogP contribution is 2.47. The van der Waals surface area contributed by atoms with Crippen LogP contribution in [-0.4, -0.2) is 54.8 Å². The lowest BCUT2D eigenvalue weighted by atomic mass is 9.78. The molecule has 2 aromatic rings. The molecule has 1 heterocycles. The monoisotopic (exact) mass is 452 g/mol. The molecule has 6 heteroatoms. The first-order chi connectivity index (χ1) is 16.0. The number of hydrogen-bond acceptors (Lipinski definition) is 4. The molecule has 2 saturated carbocycles. The SMILES string of the molecule is O=C(O)C1(CN2CCC(CN[C@@H]3C[C@H]3c3ccccc3)(COc3ccccc3F)CC2)CC1. The molecular weight excluding hydrogens is 419 g/mol. The van der Waals surface area contributed by atoms with Gasteiger partial charge >= 0.3 is 5.97 Å². The van der Waals surface area contributed by atoms with Crippen LogP contribution in [0.5, 0.6) is 5.75 Å². The van der Waals surface area contributed by atoms with Crippen LogP contribution >= 0.6 is 0 Å². The maximum Gasteiger partial charge on any atom is 0.310 e. The molecule has 176 valence electrons. The smallest absolute Gasteiger partial charge is 0.310 e. The molecule has 0 aromatic heterocycles. The van der Waals surface area contributed by atoms with E-state index in [9.17, 15) is 14.3 Å². The van der Waals surface area contributed by atoms with Crippen LogP contribution in [0.1, 0.15) is 43.6 Å². The third kappa shape index (κ3) is 5.07. The summed E-state index contributed by atoms with van der Waals surface area (Å²) in [6, 6.07) is 17.7. The Bertz CT molecular complexity index is 970. The summed E-state index contributed by atoms with van der Waals surface area (Å²) in [6.45, 7) is 3.63. The van der Waals surface area contributed by atoms with Gasteiger partial charge in [0.2, 0.25) is 0 Å². The third-order valence-electron chi connectivity index (χ3n) is 7.88. The fourth-order valence-corrected chi connectivity index (χ4v) is 5.21. The second kappa shape index (κ2) is 9.07. The van der Waals surface area contributed by atoms with Gasteiger partial charge in [0.15, 0.2) is 11.6 Å². The van der Waals surface area contributed by atoms with E-state index in [0.29, 0.717) is 30.9 Å². The van der Waals surface area contributed by atoms with Gasteiger partial charge in [-0.05, 0) is 62.9 Å². The van der Waals surface area contributed by atoms with E-state index in [1.807, 2.05) is 6.07 Å². The lowest BCUT2D eigenvalue weighted by Gasteiger charge is -2.42. The van der Waals surface area contributed by atoms with Gasteiger partial charge in [-0.25, -0.2) is 4.39 Å². The first-order valence-corrected chi connectivity index (χ1v) is 12.1. The van der Waals surface area contributed by atoms with Crippen LogP contribution < -0.4 is 10.1 Å². The van der Waals surface area contributed by atoms with E-state index in [1.165, 1.54) is 11.6 Å². The summed E-state index contributed by atoms with van der Waals surface area (Å²) in [6.07, 6.45) is 4.52. The van der Waals surface area contributed by atoms with Gasteiger partial charge in [0.1, 0.15) is 0 Å². The Morgan fingerprint density at radius 2 is 1.76 bits per heavy atom. The molecule has 33 heavy (non-hydrogen) atoms. The van der Waals surface area contributed by atoms with E-state index >= 15 is 0 Å². The molecule has 0 radical (unpaired) electrons. The predicted molar refractivity (Wildman–Crippen MR) is 125 cm³/mol. The van der Waals surface area contributed by atoms with Crippen molar-refractivity contribution in [2.75, 3.05) is 32.8 Å². The summed E-state index contributed by atoms with van der Waals surface area (Å²) < 4.78 is 20.2. The largest absolute Gasteiger partial charge is 0.490 e. The average Bonchev–Trinajstić information content (AvgIpc) is 3.75. The first-order valence-electron chi connectivity index (χ1n) is 12.1. The van der Waals surface area contributed by atoms with Gasteiger partial charge in [-0.3, -0.25) is 4.79 Å². The molecule has 5 nitrogen and oxygen atoms in total. The molecule has 0 unspecified atom stereocenters. The highest BCUT2D eigenvalue weighted by molar-refractivity contribution is 5.78. The van der Waals surface area contributed by atoms with Crippen LogP contribution in [-0.2, 0) is 4.79 Å². The van der Waals surface area contributed by atoms with Gasteiger partial charge in [-0.1, -0.05) is 42.5 Å². The number of benzene rings is 2.